The number of phenolic OH excluding ortho intramolecular Hbond substituents is 2. The Morgan fingerprint density at radius 1 is 0.898 bits per heavy atom. The number of hydrogen-bond acceptors (Lipinski definition) is 10. The highest BCUT2D eigenvalue weighted by Gasteiger charge is 2.70. The van der Waals surface area contributed by atoms with Crippen molar-refractivity contribution in [2.24, 2.45) is 23.7 Å². The molecule has 2 aliphatic heterocycles. The van der Waals surface area contributed by atoms with Crippen LogP contribution in [0.25, 0.3) is 0 Å². The molecule has 0 spiro atoms. The van der Waals surface area contributed by atoms with Crippen molar-refractivity contribution in [3.8, 4) is 23.0 Å². The number of nitrogens with one attached hydrogen (secondary N) is 1. The van der Waals surface area contributed by atoms with Gasteiger partial charge in [0.25, 0.3) is 11.8 Å². The van der Waals surface area contributed by atoms with E-state index in [0.29, 0.717) is 45.4 Å². The van der Waals surface area contributed by atoms with Crippen LogP contribution in [-0.4, -0.2) is 69.5 Å². The van der Waals surface area contributed by atoms with Gasteiger partial charge in [-0.05, 0) is 84.3 Å². The van der Waals surface area contributed by atoms with Gasteiger partial charge in [0.1, 0.15) is 5.75 Å². The van der Waals surface area contributed by atoms with Crippen LogP contribution in [0.2, 0.25) is 10.0 Å². The SMILES string of the molecule is COc1cc([C@H]2C3=CC[C@@H]4C(=O)N(CCc5ccc(O)cc5)C(=O)[C@@H]4[C@@H]3C[C@H]3C(=O)N(Nc4ncc(C(F)(F)F)cc4Cl)C(=O)[C@@]23c2ccc(Cl)cc2)cc(OC)c1O. The number of carbonyl (C=O) groups is 4. The molecule has 8 rings (SSSR count). The molecule has 59 heavy (non-hydrogen) atoms. The van der Waals surface area contributed by atoms with Crippen molar-refractivity contribution in [1.29, 1.82) is 0 Å². The van der Waals surface area contributed by atoms with Gasteiger partial charge in [0, 0.05) is 23.7 Å². The average Bonchev–Trinajstić information content (AvgIpc) is 3.58. The van der Waals surface area contributed by atoms with Crippen LogP contribution in [-0.2, 0) is 37.2 Å². The molecule has 0 unspecified atom stereocenters. The van der Waals surface area contributed by atoms with Crippen molar-refractivity contribution >= 4 is 52.6 Å². The number of fused-ring (bicyclic) bond motifs is 4. The number of alkyl halides is 3. The van der Waals surface area contributed by atoms with Crippen molar-refractivity contribution in [1.82, 2.24) is 14.9 Å². The molecule has 0 radical (unpaired) electrons. The zero-order valence-corrected chi connectivity index (χ0v) is 32.8. The van der Waals surface area contributed by atoms with Crippen LogP contribution >= 0.6 is 23.2 Å². The Kier molecular flexibility index (Phi) is 10.0. The number of anilines is 1. The van der Waals surface area contributed by atoms with E-state index in [2.05, 4.69) is 10.4 Å². The molecular weight excluding hydrogens is 816 g/mol. The number of aromatic nitrogens is 1. The number of allylic oxidation sites excluding steroid dienone is 2. The van der Waals surface area contributed by atoms with Gasteiger partial charge in [-0.2, -0.15) is 18.2 Å². The first-order valence-electron chi connectivity index (χ1n) is 18.5. The number of amides is 4. The second-order valence-electron chi connectivity index (χ2n) is 14.9. The third-order valence-electron chi connectivity index (χ3n) is 12.0. The molecule has 1 saturated carbocycles. The number of halogens is 5. The molecule has 0 bridgehead atoms. The first-order valence-corrected chi connectivity index (χ1v) is 19.3. The molecule has 1 aromatic heterocycles. The van der Waals surface area contributed by atoms with Crippen molar-refractivity contribution < 1.29 is 52.0 Å². The average molecular weight is 852 g/mol. The fourth-order valence-corrected chi connectivity index (χ4v) is 9.76. The number of phenols is 2. The minimum atomic E-state index is -4.77. The number of likely N-dealkylation sites (tertiary alicyclic amines) is 1. The Balaban J connectivity index is 1.29. The number of hydrogen-bond donors (Lipinski definition) is 3. The van der Waals surface area contributed by atoms with Gasteiger partial charge in [0.15, 0.2) is 17.3 Å². The van der Waals surface area contributed by atoms with Crippen LogP contribution in [0.15, 0.2) is 84.6 Å². The molecule has 3 aromatic carbocycles. The largest absolute Gasteiger partial charge is 0.508 e. The highest BCUT2D eigenvalue weighted by Crippen LogP contribution is 2.65. The summed E-state index contributed by atoms with van der Waals surface area (Å²) in [5.41, 5.74) is 1.73. The van der Waals surface area contributed by atoms with Crippen LogP contribution in [0, 0.1) is 23.7 Å². The first-order chi connectivity index (χ1) is 28.1. The molecular formula is C42H35Cl2F3N4O8. The van der Waals surface area contributed by atoms with Crippen LogP contribution < -0.4 is 14.9 Å². The molecule has 3 heterocycles. The number of rotatable bonds is 9. The lowest BCUT2D eigenvalue weighted by atomic mass is 9.49. The van der Waals surface area contributed by atoms with Gasteiger partial charge in [0.05, 0.1) is 48.0 Å². The predicted octanol–water partition coefficient (Wildman–Crippen LogP) is 7.06. The number of carbonyl (C=O) groups excluding carboxylic acids is 4. The van der Waals surface area contributed by atoms with Crippen LogP contribution in [0.3, 0.4) is 0 Å². The van der Waals surface area contributed by atoms with E-state index in [-0.39, 0.29) is 48.3 Å². The summed E-state index contributed by atoms with van der Waals surface area (Å²) >= 11 is 12.6. The number of hydrazine groups is 1. The number of nitrogens with zero attached hydrogens (tertiary/aromatic N) is 3. The van der Waals surface area contributed by atoms with Crippen LogP contribution in [0.5, 0.6) is 23.0 Å². The van der Waals surface area contributed by atoms with Gasteiger partial charge in [-0.1, -0.05) is 59.1 Å². The van der Waals surface area contributed by atoms with E-state index in [1.54, 1.807) is 36.4 Å². The molecule has 4 aromatic rings. The summed E-state index contributed by atoms with van der Waals surface area (Å²) in [6, 6.07) is 16.4. The number of ether oxygens (including phenoxy) is 2. The third kappa shape index (κ3) is 6.41. The summed E-state index contributed by atoms with van der Waals surface area (Å²) in [6.45, 7) is 0.0709. The quantitative estimate of drug-likeness (QED) is 0.118. The summed E-state index contributed by atoms with van der Waals surface area (Å²) in [5, 5.41) is 21.2. The monoisotopic (exact) mass is 850 g/mol. The topological polar surface area (TPSA) is 159 Å². The van der Waals surface area contributed by atoms with E-state index in [1.807, 2.05) is 6.08 Å². The van der Waals surface area contributed by atoms with E-state index in [0.717, 1.165) is 5.56 Å². The van der Waals surface area contributed by atoms with Gasteiger partial charge < -0.3 is 19.7 Å². The molecule has 6 atom stereocenters. The predicted molar refractivity (Wildman–Crippen MR) is 207 cm³/mol. The zero-order valence-electron chi connectivity index (χ0n) is 31.3. The minimum absolute atomic E-state index is 0.0152. The summed E-state index contributed by atoms with van der Waals surface area (Å²) in [5.74, 6) is -7.83. The molecule has 306 valence electrons. The molecule has 2 aliphatic carbocycles. The highest BCUT2D eigenvalue weighted by atomic mass is 35.5. The van der Waals surface area contributed by atoms with Crippen molar-refractivity contribution in [3.05, 3.63) is 117 Å². The standard InChI is InChI=1S/C42H35Cl2F3N4O8/c1-58-31-15-21(16-32(59-2)35(31)53)34-26-11-12-27-33(39(56)50(37(27)54)14-13-20-3-9-25(52)10-4-20)28(26)18-29-38(55)51(40(57)41(29,34)22-5-7-24(43)8-6-22)49-36-30(44)17-23(19-48-36)42(45,46)47/h3-11,15-17,19,27-29,33-34,52-53H,12-14,18H2,1-2H3,(H,48,49)/t27-,28+,29-,33-,34-,41+/m0/s1. The van der Waals surface area contributed by atoms with Gasteiger partial charge in [-0.3, -0.25) is 29.5 Å². The Morgan fingerprint density at radius 3 is 2.17 bits per heavy atom. The Morgan fingerprint density at radius 2 is 1.56 bits per heavy atom. The summed E-state index contributed by atoms with van der Waals surface area (Å²) in [4.78, 5) is 64.0. The molecule has 4 aliphatic rings. The molecule has 3 N–H and O–H groups in total. The normalized spacial score (nSPS) is 25.1. The molecule has 2 saturated heterocycles. The number of pyridine rings is 1. The summed E-state index contributed by atoms with van der Waals surface area (Å²) in [7, 11) is 2.66. The summed E-state index contributed by atoms with van der Waals surface area (Å²) < 4.78 is 51.7. The minimum Gasteiger partial charge on any atom is -0.508 e. The lowest BCUT2D eigenvalue weighted by molar-refractivity contribution is -0.141. The number of methoxy groups -OCH3 is 2. The maximum absolute atomic E-state index is 15.4. The van der Waals surface area contributed by atoms with Gasteiger partial charge in [0.2, 0.25) is 17.6 Å². The fraction of sp³-hybridized carbons (Fsp3) is 0.310. The molecule has 4 amide bonds. The molecule has 12 nitrogen and oxygen atoms in total. The van der Waals surface area contributed by atoms with E-state index in [1.165, 1.54) is 43.4 Å². The van der Waals surface area contributed by atoms with E-state index >= 15 is 4.79 Å². The fourth-order valence-electron chi connectivity index (χ4n) is 9.43. The second-order valence-corrected chi connectivity index (χ2v) is 15.8. The maximum Gasteiger partial charge on any atom is 0.417 e. The zero-order chi connectivity index (χ0) is 42.1. The van der Waals surface area contributed by atoms with Crippen molar-refractivity contribution in [2.75, 3.05) is 26.2 Å². The Hall–Kier alpha value is -5.80. The van der Waals surface area contributed by atoms with Gasteiger partial charge in [-0.25, -0.2) is 4.98 Å². The second kappa shape index (κ2) is 14.8. The maximum atomic E-state index is 15.4. The third-order valence-corrected chi connectivity index (χ3v) is 12.6. The lowest BCUT2D eigenvalue weighted by Gasteiger charge is -2.50. The molecule has 17 heteroatoms. The number of benzene rings is 3. The summed E-state index contributed by atoms with van der Waals surface area (Å²) in [6.07, 6.45) is -2.03. The van der Waals surface area contributed by atoms with Crippen molar-refractivity contribution in [2.45, 2.75) is 36.8 Å². The number of imide groups is 2. The lowest BCUT2D eigenvalue weighted by Crippen LogP contribution is -2.53. The number of aromatic hydroxyl groups is 2. The van der Waals surface area contributed by atoms with E-state index in [9.17, 15) is 37.8 Å². The van der Waals surface area contributed by atoms with Crippen LogP contribution in [0.1, 0.15) is 41.0 Å². The Bertz CT molecular complexity index is 2400. The van der Waals surface area contributed by atoms with Gasteiger partial charge in [-0.15, -0.1) is 0 Å². The van der Waals surface area contributed by atoms with E-state index < -0.39 is 75.3 Å². The smallest absolute Gasteiger partial charge is 0.417 e. The first kappa shape index (κ1) is 40.0. The Labute approximate surface area is 345 Å². The molecule has 3 fully saturated rings. The highest BCUT2D eigenvalue weighted by molar-refractivity contribution is 6.33. The van der Waals surface area contributed by atoms with Gasteiger partial charge >= 0.3 is 6.18 Å². The van der Waals surface area contributed by atoms with Crippen molar-refractivity contribution in [3.63, 3.8) is 0 Å². The van der Waals surface area contributed by atoms with Crippen LogP contribution in [0.4, 0.5) is 19.0 Å². The van der Waals surface area contributed by atoms with E-state index in [4.69, 9.17) is 32.7 Å².